The second-order valence-corrected chi connectivity index (χ2v) is 6.45. The van der Waals surface area contributed by atoms with Crippen LogP contribution in [-0.4, -0.2) is 11.4 Å². The summed E-state index contributed by atoms with van der Waals surface area (Å²) in [6, 6.07) is 4.23. The van der Waals surface area contributed by atoms with Crippen molar-refractivity contribution in [2.24, 2.45) is 5.41 Å². The van der Waals surface area contributed by atoms with Crippen molar-refractivity contribution in [2.75, 3.05) is 0 Å². The second-order valence-electron chi connectivity index (χ2n) is 5.67. The number of hydrogen-bond donors (Lipinski definition) is 1. The fourth-order valence-electron chi connectivity index (χ4n) is 1.42. The fourth-order valence-corrected chi connectivity index (χ4v) is 2.12. The van der Waals surface area contributed by atoms with Crippen LogP contribution < -0.4 is 5.32 Å². The van der Waals surface area contributed by atoms with Crippen molar-refractivity contribution >= 4 is 17.2 Å². The molecule has 1 N–H and O–H groups in total. The number of hydrogen-bond acceptors (Lipinski definition) is 3. The average Bonchev–Trinajstić information content (AvgIpc) is 2.77. The van der Waals surface area contributed by atoms with E-state index in [2.05, 4.69) is 11.4 Å². The van der Waals surface area contributed by atoms with Gasteiger partial charge in [-0.3, -0.25) is 4.79 Å². The summed E-state index contributed by atoms with van der Waals surface area (Å²) in [4.78, 5) is 11.9. The van der Waals surface area contributed by atoms with Crippen LogP contribution in [0.4, 0.5) is 0 Å². The predicted molar refractivity (Wildman–Crippen MR) is 74.3 cm³/mol. The Hall–Kier alpha value is -1.34. The van der Waals surface area contributed by atoms with Crippen molar-refractivity contribution in [3.63, 3.8) is 0 Å². The molecule has 1 atom stereocenters. The van der Waals surface area contributed by atoms with Gasteiger partial charge in [-0.25, -0.2) is 0 Å². The Kier molecular flexibility index (Phi) is 4.53. The molecule has 1 rings (SSSR count). The van der Waals surface area contributed by atoms with E-state index in [1.54, 1.807) is 18.3 Å². The van der Waals surface area contributed by atoms with Crippen LogP contribution in [0, 0.1) is 16.7 Å². The van der Waals surface area contributed by atoms with Gasteiger partial charge in [-0.05, 0) is 41.1 Å². The van der Waals surface area contributed by atoms with Crippen LogP contribution in [0.15, 0.2) is 16.8 Å². The summed E-state index contributed by atoms with van der Waals surface area (Å²) < 4.78 is 0. The first-order valence-electron chi connectivity index (χ1n) is 6.02. The first-order valence-corrected chi connectivity index (χ1v) is 6.96. The lowest BCUT2D eigenvalue weighted by Crippen LogP contribution is -2.53. The van der Waals surface area contributed by atoms with Crippen LogP contribution in [0.3, 0.4) is 0 Å². The molecule has 0 aromatic carbocycles. The Morgan fingerprint density at radius 2 is 2.11 bits per heavy atom. The van der Waals surface area contributed by atoms with Crippen LogP contribution in [0.2, 0.25) is 0 Å². The van der Waals surface area contributed by atoms with Crippen LogP contribution in [0.1, 0.15) is 39.7 Å². The third kappa shape index (κ3) is 3.58. The molecule has 0 aliphatic rings. The predicted octanol–water partition coefficient (Wildman–Crippen LogP) is 3.13. The van der Waals surface area contributed by atoms with Gasteiger partial charge in [0.05, 0.1) is 6.07 Å². The molecule has 1 aromatic rings. The summed E-state index contributed by atoms with van der Waals surface area (Å²) in [6.07, 6.45) is 1.14. The molecule has 0 aliphatic carbocycles. The number of nitriles is 1. The molecular weight excluding hydrogens is 244 g/mol. The summed E-state index contributed by atoms with van der Waals surface area (Å²) in [7, 11) is 0. The zero-order chi connectivity index (χ0) is 13.8. The highest BCUT2D eigenvalue weighted by Crippen LogP contribution is 2.29. The molecule has 4 heteroatoms. The van der Waals surface area contributed by atoms with Crippen LogP contribution in [0.25, 0.3) is 0 Å². The van der Waals surface area contributed by atoms with E-state index in [1.807, 2.05) is 37.6 Å². The molecule has 0 spiro atoms. The fraction of sp³-hybridized carbons (Fsp3) is 0.571. The molecule has 0 fully saturated rings. The number of nitrogens with one attached hydrogen (secondary N) is 1. The second kappa shape index (κ2) is 5.53. The molecule has 1 aromatic heterocycles. The maximum Gasteiger partial charge on any atom is 0.221 e. The lowest BCUT2D eigenvalue weighted by Gasteiger charge is -2.36. The van der Waals surface area contributed by atoms with Crippen molar-refractivity contribution < 1.29 is 4.79 Å². The quantitative estimate of drug-likeness (QED) is 0.908. The molecule has 0 saturated carbocycles. The third-order valence-electron chi connectivity index (χ3n) is 3.33. The Balaban J connectivity index is 2.56. The van der Waals surface area contributed by atoms with Gasteiger partial charge in [0, 0.05) is 6.42 Å². The minimum atomic E-state index is -0.835. The van der Waals surface area contributed by atoms with Crippen molar-refractivity contribution in [2.45, 2.75) is 46.1 Å². The first-order chi connectivity index (χ1) is 8.28. The summed E-state index contributed by atoms with van der Waals surface area (Å²) >= 11 is 1.63. The van der Waals surface area contributed by atoms with Crippen LogP contribution in [0.5, 0.6) is 0 Å². The van der Waals surface area contributed by atoms with Gasteiger partial charge in [0.2, 0.25) is 5.91 Å². The van der Waals surface area contributed by atoms with E-state index in [4.69, 9.17) is 0 Å². The molecule has 18 heavy (non-hydrogen) atoms. The van der Waals surface area contributed by atoms with Crippen molar-refractivity contribution in [3.8, 4) is 6.07 Å². The molecule has 0 saturated heterocycles. The summed E-state index contributed by atoms with van der Waals surface area (Å²) in [6.45, 7) is 7.63. The molecule has 3 nitrogen and oxygen atoms in total. The molecule has 0 unspecified atom stereocenters. The Morgan fingerprint density at radius 1 is 1.44 bits per heavy atom. The van der Waals surface area contributed by atoms with Crippen molar-refractivity contribution in [1.29, 1.82) is 5.26 Å². The average molecular weight is 264 g/mol. The minimum absolute atomic E-state index is 0.0693. The van der Waals surface area contributed by atoms with Gasteiger partial charge in [-0.15, -0.1) is 0 Å². The maximum absolute atomic E-state index is 11.9. The largest absolute Gasteiger partial charge is 0.338 e. The molecule has 0 aliphatic heterocycles. The van der Waals surface area contributed by atoms with E-state index < -0.39 is 5.54 Å². The van der Waals surface area contributed by atoms with E-state index >= 15 is 0 Å². The summed E-state index contributed by atoms with van der Waals surface area (Å²) in [5, 5.41) is 16.2. The molecule has 0 radical (unpaired) electrons. The number of nitrogens with zero attached hydrogens (tertiary/aromatic N) is 1. The van der Waals surface area contributed by atoms with E-state index in [0.717, 1.165) is 6.42 Å². The standard InChI is InChI=1S/C14H20N2OS/c1-13(2,3)14(4,10-15)16-12(17)6-5-11-7-8-18-9-11/h7-9H,5-6H2,1-4H3,(H,16,17)/t14-/m0/s1. The third-order valence-corrected chi connectivity index (χ3v) is 4.07. The van der Waals surface area contributed by atoms with Gasteiger partial charge in [0.15, 0.2) is 0 Å². The van der Waals surface area contributed by atoms with Gasteiger partial charge >= 0.3 is 0 Å². The summed E-state index contributed by atoms with van der Waals surface area (Å²) in [5.74, 6) is -0.0693. The maximum atomic E-state index is 11.9. The van der Waals surface area contributed by atoms with Gasteiger partial charge in [0.25, 0.3) is 0 Å². The van der Waals surface area contributed by atoms with Crippen LogP contribution in [-0.2, 0) is 11.2 Å². The monoisotopic (exact) mass is 264 g/mol. The smallest absolute Gasteiger partial charge is 0.221 e. The summed E-state index contributed by atoms with van der Waals surface area (Å²) in [5.41, 5.74) is 0.0444. The van der Waals surface area contributed by atoms with Gasteiger partial charge in [-0.2, -0.15) is 16.6 Å². The molecular formula is C14H20N2OS. The van der Waals surface area contributed by atoms with Gasteiger partial charge < -0.3 is 5.32 Å². The van der Waals surface area contributed by atoms with Crippen molar-refractivity contribution in [1.82, 2.24) is 5.32 Å². The number of carbonyl (C=O) groups is 1. The Bertz CT molecular complexity index is 439. The zero-order valence-corrected chi connectivity index (χ0v) is 12.2. The van der Waals surface area contributed by atoms with E-state index in [9.17, 15) is 10.1 Å². The van der Waals surface area contributed by atoms with E-state index in [1.165, 1.54) is 5.56 Å². The molecule has 1 amide bonds. The van der Waals surface area contributed by atoms with Gasteiger partial charge in [-0.1, -0.05) is 20.8 Å². The van der Waals surface area contributed by atoms with Crippen LogP contribution >= 0.6 is 11.3 Å². The highest BCUT2D eigenvalue weighted by atomic mass is 32.1. The lowest BCUT2D eigenvalue weighted by atomic mass is 9.76. The minimum Gasteiger partial charge on any atom is -0.338 e. The Labute approximate surface area is 113 Å². The van der Waals surface area contributed by atoms with E-state index in [0.29, 0.717) is 6.42 Å². The van der Waals surface area contributed by atoms with Crippen molar-refractivity contribution in [3.05, 3.63) is 22.4 Å². The number of rotatable bonds is 4. The highest BCUT2D eigenvalue weighted by Gasteiger charge is 2.38. The topological polar surface area (TPSA) is 52.9 Å². The SMILES string of the molecule is CC(C)(C)[C@](C)(C#N)NC(=O)CCc1ccsc1. The molecule has 98 valence electrons. The Morgan fingerprint density at radius 3 is 2.56 bits per heavy atom. The molecule has 0 bridgehead atoms. The van der Waals surface area contributed by atoms with Gasteiger partial charge in [0.1, 0.15) is 5.54 Å². The number of thiophene rings is 1. The normalized spacial score (nSPS) is 14.6. The first kappa shape index (κ1) is 14.7. The molecule has 1 heterocycles. The number of carbonyl (C=O) groups excluding carboxylic acids is 1. The number of amides is 1. The van der Waals surface area contributed by atoms with E-state index in [-0.39, 0.29) is 11.3 Å². The highest BCUT2D eigenvalue weighted by molar-refractivity contribution is 7.07. The lowest BCUT2D eigenvalue weighted by molar-refractivity contribution is -0.123. The zero-order valence-electron chi connectivity index (χ0n) is 11.4. The number of aryl methyl sites for hydroxylation is 1.